The SMILES string of the molecule is CC(C)(C)OC(=O)N[C@@H](Cc1ccc(-c2cc(OC(c3ccccc3-c3ccc(C#N)nc3)C(F)(F)F)nc(N)n2)cc1)C(=O)O. The Balaban J connectivity index is 1.59. The molecule has 0 saturated heterocycles. The van der Waals surface area contributed by atoms with E-state index < -0.39 is 41.9 Å². The maximum Gasteiger partial charge on any atom is 0.429 e. The van der Waals surface area contributed by atoms with Crippen molar-refractivity contribution < 1.29 is 37.3 Å². The molecule has 0 fully saturated rings. The monoisotopic (exact) mass is 634 g/mol. The normalized spacial score (nSPS) is 12.8. The van der Waals surface area contributed by atoms with Crippen LogP contribution < -0.4 is 15.8 Å². The first-order valence-electron chi connectivity index (χ1n) is 13.8. The van der Waals surface area contributed by atoms with E-state index in [1.165, 1.54) is 42.6 Å². The van der Waals surface area contributed by atoms with E-state index in [-0.39, 0.29) is 34.9 Å². The number of hydrogen-bond donors (Lipinski definition) is 3. The zero-order valence-electron chi connectivity index (χ0n) is 24.9. The maximum atomic E-state index is 14.5. The van der Waals surface area contributed by atoms with Gasteiger partial charge in [-0.3, -0.25) is 0 Å². The van der Waals surface area contributed by atoms with Crippen LogP contribution in [0.4, 0.5) is 23.9 Å². The molecule has 0 radical (unpaired) electrons. The Morgan fingerprint density at radius 3 is 2.28 bits per heavy atom. The molecule has 0 bridgehead atoms. The number of pyridine rings is 1. The van der Waals surface area contributed by atoms with Gasteiger partial charge in [-0.15, -0.1) is 0 Å². The van der Waals surface area contributed by atoms with Gasteiger partial charge in [-0.25, -0.2) is 19.6 Å². The third-order valence-corrected chi connectivity index (χ3v) is 6.37. The van der Waals surface area contributed by atoms with Crippen molar-refractivity contribution >= 4 is 18.0 Å². The number of ether oxygens (including phenoxy) is 2. The fourth-order valence-electron chi connectivity index (χ4n) is 4.38. The van der Waals surface area contributed by atoms with Crippen LogP contribution in [0.1, 0.15) is 43.7 Å². The zero-order valence-corrected chi connectivity index (χ0v) is 24.9. The van der Waals surface area contributed by atoms with Crippen LogP contribution in [0.25, 0.3) is 22.4 Å². The molecule has 0 aliphatic rings. The second-order valence-corrected chi connectivity index (χ2v) is 11.1. The van der Waals surface area contributed by atoms with Gasteiger partial charge in [0.25, 0.3) is 0 Å². The third kappa shape index (κ3) is 8.69. The molecule has 4 N–H and O–H groups in total. The molecule has 46 heavy (non-hydrogen) atoms. The van der Waals surface area contributed by atoms with Crippen LogP contribution in [0.5, 0.6) is 5.88 Å². The number of nitrogens with two attached hydrogens (primary N) is 1. The Bertz CT molecular complexity index is 1750. The van der Waals surface area contributed by atoms with Gasteiger partial charge in [0.05, 0.1) is 5.69 Å². The summed E-state index contributed by atoms with van der Waals surface area (Å²) in [4.78, 5) is 35.8. The molecule has 1 unspecified atom stereocenters. The molecule has 0 aliphatic heterocycles. The molecule has 0 spiro atoms. The van der Waals surface area contributed by atoms with Crippen LogP contribution in [-0.4, -0.2) is 49.9 Å². The Hall–Kier alpha value is -5.71. The highest BCUT2D eigenvalue weighted by Crippen LogP contribution is 2.41. The second-order valence-electron chi connectivity index (χ2n) is 11.1. The Morgan fingerprint density at radius 2 is 1.70 bits per heavy atom. The summed E-state index contributed by atoms with van der Waals surface area (Å²) in [5, 5.41) is 20.9. The van der Waals surface area contributed by atoms with Gasteiger partial charge >= 0.3 is 18.2 Å². The van der Waals surface area contributed by atoms with Gasteiger partial charge in [0.15, 0.2) is 0 Å². The molecular formula is C32H29F3N6O5. The number of hydrogen-bond acceptors (Lipinski definition) is 9. The summed E-state index contributed by atoms with van der Waals surface area (Å²) in [6.07, 6.45) is -6.97. The van der Waals surface area contributed by atoms with Crippen LogP contribution >= 0.6 is 0 Å². The van der Waals surface area contributed by atoms with E-state index in [9.17, 15) is 27.9 Å². The molecule has 4 rings (SSSR count). The smallest absolute Gasteiger partial charge is 0.429 e. The number of rotatable bonds is 9. The molecule has 2 aromatic carbocycles. The minimum atomic E-state index is -4.87. The highest BCUT2D eigenvalue weighted by Gasteiger charge is 2.44. The number of nitriles is 1. The van der Waals surface area contributed by atoms with Gasteiger partial charge in [0.2, 0.25) is 17.9 Å². The lowest BCUT2D eigenvalue weighted by atomic mass is 9.96. The van der Waals surface area contributed by atoms with Crippen molar-refractivity contribution in [1.29, 1.82) is 5.26 Å². The predicted molar refractivity (Wildman–Crippen MR) is 160 cm³/mol. The van der Waals surface area contributed by atoms with Crippen LogP contribution in [0.2, 0.25) is 0 Å². The number of nitrogens with one attached hydrogen (secondary N) is 1. The maximum absolute atomic E-state index is 14.5. The minimum absolute atomic E-state index is 0.0729. The second kappa shape index (κ2) is 13.5. The Labute approximate surface area is 261 Å². The van der Waals surface area contributed by atoms with Crippen molar-refractivity contribution in [2.75, 3.05) is 5.73 Å². The van der Waals surface area contributed by atoms with Crippen LogP contribution in [0.15, 0.2) is 72.9 Å². The number of carboxylic acids is 1. The summed E-state index contributed by atoms with van der Waals surface area (Å²) in [5.41, 5.74) is 6.61. The van der Waals surface area contributed by atoms with Crippen molar-refractivity contribution in [2.24, 2.45) is 0 Å². The van der Waals surface area contributed by atoms with Crippen LogP contribution in [-0.2, 0) is 16.0 Å². The Kier molecular flexibility index (Phi) is 9.75. The standard InChI is InChI=1S/C32H29F3N6O5/c1-31(2,3)46-30(44)40-25(28(42)43)14-18-8-10-19(11-9-18)24-15-26(41-29(37)39-24)45-27(32(33,34)35)23-7-5-4-6-22(23)20-12-13-21(16-36)38-17-20/h4-13,15,17,25,27H,14H2,1-3H3,(H,40,44)(H,42,43)(H2,37,39,41)/t25-,27?/m0/s1. The summed E-state index contributed by atoms with van der Waals surface area (Å²) < 4.78 is 54.0. The largest absolute Gasteiger partial charge is 0.480 e. The fraction of sp³-hybridized carbons (Fsp3) is 0.250. The topological polar surface area (TPSA) is 173 Å². The van der Waals surface area contributed by atoms with E-state index in [4.69, 9.17) is 20.5 Å². The van der Waals surface area contributed by atoms with Gasteiger partial charge in [0, 0.05) is 35.4 Å². The zero-order chi connectivity index (χ0) is 33.6. The summed E-state index contributed by atoms with van der Waals surface area (Å²) in [6, 6.07) is 16.8. The highest BCUT2D eigenvalue weighted by atomic mass is 19.4. The molecule has 14 heteroatoms. The summed E-state index contributed by atoms with van der Waals surface area (Å²) in [7, 11) is 0. The van der Waals surface area contributed by atoms with Gasteiger partial charge < -0.3 is 25.6 Å². The number of carbonyl (C=O) groups is 2. The number of aromatic nitrogens is 3. The fourth-order valence-corrected chi connectivity index (χ4v) is 4.38. The summed E-state index contributed by atoms with van der Waals surface area (Å²) in [5.74, 6) is -2.04. The number of alkyl carbamates (subject to hydrolysis) is 1. The molecule has 2 atom stereocenters. The van der Waals surface area contributed by atoms with Gasteiger partial charge in [0.1, 0.15) is 23.4 Å². The lowest BCUT2D eigenvalue weighted by Crippen LogP contribution is -2.44. The number of anilines is 1. The van der Waals surface area contributed by atoms with E-state index in [0.717, 1.165) is 0 Å². The molecule has 1 amide bonds. The molecule has 238 valence electrons. The van der Waals surface area contributed by atoms with Crippen molar-refractivity contribution in [1.82, 2.24) is 20.3 Å². The van der Waals surface area contributed by atoms with Gasteiger partial charge in [-0.05, 0) is 44.0 Å². The van der Waals surface area contributed by atoms with Gasteiger partial charge in [-0.2, -0.15) is 23.4 Å². The van der Waals surface area contributed by atoms with E-state index in [1.807, 2.05) is 6.07 Å². The number of carbonyl (C=O) groups excluding carboxylic acids is 1. The first-order valence-corrected chi connectivity index (χ1v) is 13.8. The third-order valence-electron chi connectivity index (χ3n) is 6.37. The summed E-state index contributed by atoms with van der Waals surface area (Å²) >= 11 is 0. The molecule has 0 saturated carbocycles. The molecule has 4 aromatic rings. The lowest BCUT2D eigenvalue weighted by Gasteiger charge is -2.24. The highest BCUT2D eigenvalue weighted by molar-refractivity contribution is 5.80. The predicted octanol–water partition coefficient (Wildman–Crippen LogP) is 5.86. The van der Waals surface area contributed by atoms with Crippen molar-refractivity contribution in [3.8, 4) is 34.3 Å². The number of alkyl halides is 3. The molecular weight excluding hydrogens is 605 g/mol. The molecule has 11 nitrogen and oxygen atoms in total. The Morgan fingerprint density at radius 1 is 1.02 bits per heavy atom. The van der Waals surface area contributed by atoms with E-state index in [1.54, 1.807) is 51.1 Å². The average Bonchev–Trinajstić information content (AvgIpc) is 2.98. The van der Waals surface area contributed by atoms with E-state index >= 15 is 0 Å². The van der Waals surface area contributed by atoms with Gasteiger partial charge in [-0.1, -0.05) is 48.5 Å². The first-order chi connectivity index (χ1) is 21.6. The van der Waals surface area contributed by atoms with E-state index in [2.05, 4.69) is 20.3 Å². The number of carboxylic acid groups (broad SMARTS) is 1. The van der Waals surface area contributed by atoms with Crippen molar-refractivity contribution in [3.63, 3.8) is 0 Å². The number of benzene rings is 2. The number of amides is 1. The van der Waals surface area contributed by atoms with Crippen molar-refractivity contribution in [3.05, 3.63) is 89.7 Å². The quantitative estimate of drug-likeness (QED) is 0.202. The number of nitrogen functional groups attached to an aromatic ring is 1. The van der Waals surface area contributed by atoms with Crippen LogP contribution in [0, 0.1) is 11.3 Å². The molecule has 2 aromatic heterocycles. The number of aliphatic carboxylic acids is 1. The van der Waals surface area contributed by atoms with Crippen molar-refractivity contribution in [2.45, 2.75) is 51.1 Å². The first kappa shape index (κ1) is 33.2. The lowest BCUT2D eigenvalue weighted by molar-refractivity contribution is -0.198. The average molecular weight is 635 g/mol. The van der Waals surface area contributed by atoms with E-state index in [0.29, 0.717) is 16.7 Å². The summed E-state index contributed by atoms with van der Waals surface area (Å²) in [6.45, 7) is 4.94. The minimum Gasteiger partial charge on any atom is -0.480 e. The molecule has 2 heterocycles. The van der Waals surface area contributed by atoms with Crippen LogP contribution in [0.3, 0.4) is 0 Å². The number of nitrogens with zero attached hydrogens (tertiary/aromatic N) is 4. The molecule has 0 aliphatic carbocycles. The number of halogens is 3.